The van der Waals surface area contributed by atoms with Gasteiger partial charge in [0.2, 0.25) is 11.8 Å². The number of alkyl halides is 2. The number of phenolic OH excluding ortho intramolecular Hbond substituents is 1. The number of anilines is 1. The molecule has 7 nitrogen and oxygen atoms in total. The van der Waals surface area contributed by atoms with Crippen molar-refractivity contribution < 1.29 is 24.3 Å². The Morgan fingerprint density at radius 2 is 1.64 bits per heavy atom. The molecule has 2 aliphatic heterocycles. The van der Waals surface area contributed by atoms with Crippen molar-refractivity contribution >= 4 is 64.1 Å². The molecule has 4 aliphatic rings. The van der Waals surface area contributed by atoms with E-state index in [1.165, 1.54) is 18.0 Å². The number of phenols is 1. The number of carbonyl (C=O) groups excluding carboxylic acids is 4. The van der Waals surface area contributed by atoms with E-state index in [0.29, 0.717) is 27.4 Å². The zero-order valence-electron chi connectivity index (χ0n) is 21.4. The van der Waals surface area contributed by atoms with Gasteiger partial charge in [-0.2, -0.15) is 0 Å². The first-order valence-corrected chi connectivity index (χ1v) is 13.8. The van der Waals surface area contributed by atoms with E-state index in [4.69, 9.17) is 34.8 Å². The topological polar surface area (TPSA) is 95.0 Å². The third-order valence-corrected chi connectivity index (χ3v) is 10.8. The smallest absolute Gasteiger partial charge is 0.253 e. The number of aromatic hydroxyl groups is 1. The van der Waals surface area contributed by atoms with Crippen LogP contribution in [0.15, 0.2) is 48.0 Å². The van der Waals surface area contributed by atoms with Crippen LogP contribution in [-0.4, -0.2) is 50.4 Å². The molecular weight excluding hydrogens is 563 g/mol. The van der Waals surface area contributed by atoms with Gasteiger partial charge in [0.15, 0.2) is 9.75 Å². The van der Waals surface area contributed by atoms with E-state index in [2.05, 4.69) is 0 Å². The highest BCUT2D eigenvalue weighted by Crippen LogP contribution is 2.65. The van der Waals surface area contributed by atoms with Crippen LogP contribution in [-0.2, 0) is 19.2 Å². The van der Waals surface area contributed by atoms with Crippen LogP contribution in [0.5, 0.6) is 5.75 Å². The van der Waals surface area contributed by atoms with Gasteiger partial charge in [0.1, 0.15) is 5.75 Å². The molecule has 4 amide bonds. The van der Waals surface area contributed by atoms with E-state index in [-0.39, 0.29) is 24.5 Å². The molecule has 0 spiro atoms. The average molecular weight is 588 g/mol. The maximum absolute atomic E-state index is 14.0. The van der Waals surface area contributed by atoms with Crippen LogP contribution in [0.2, 0.25) is 5.02 Å². The van der Waals surface area contributed by atoms with E-state index >= 15 is 0 Å². The van der Waals surface area contributed by atoms with E-state index in [0.717, 1.165) is 10.5 Å². The number of imide groups is 2. The summed E-state index contributed by atoms with van der Waals surface area (Å²) in [6.07, 6.45) is 2.08. The lowest BCUT2D eigenvalue weighted by atomic mass is 9.56. The van der Waals surface area contributed by atoms with Crippen LogP contribution in [0.3, 0.4) is 0 Å². The van der Waals surface area contributed by atoms with Gasteiger partial charge in [-0.1, -0.05) is 41.4 Å². The predicted octanol–water partition coefficient (Wildman–Crippen LogP) is 4.86. The van der Waals surface area contributed by atoms with Crippen molar-refractivity contribution in [2.24, 2.45) is 17.8 Å². The Kier molecular flexibility index (Phi) is 5.79. The van der Waals surface area contributed by atoms with Crippen LogP contribution in [0.1, 0.15) is 35.4 Å². The number of hydrogen-bond acceptors (Lipinski definition) is 5. The molecule has 3 fully saturated rings. The fourth-order valence-electron chi connectivity index (χ4n) is 6.95. The summed E-state index contributed by atoms with van der Waals surface area (Å²) in [6, 6.07) is 9.92. The summed E-state index contributed by atoms with van der Waals surface area (Å²) in [5, 5.41) is 10.6. The van der Waals surface area contributed by atoms with Crippen LogP contribution in [0, 0.1) is 31.6 Å². The van der Waals surface area contributed by atoms with Crippen LogP contribution in [0.25, 0.3) is 0 Å². The van der Waals surface area contributed by atoms with Gasteiger partial charge in [-0.25, -0.2) is 4.90 Å². The van der Waals surface area contributed by atoms with Crippen LogP contribution < -0.4 is 4.90 Å². The van der Waals surface area contributed by atoms with Gasteiger partial charge >= 0.3 is 0 Å². The fraction of sp³-hybridized carbons (Fsp3) is 0.379. The summed E-state index contributed by atoms with van der Waals surface area (Å²) in [6.45, 7) is 3.55. The molecule has 0 bridgehead atoms. The van der Waals surface area contributed by atoms with Crippen molar-refractivity contribution in [2.45, 2.75) is 42.4 Å². The molecular formula is C29H25Cl3N2O5. The molecule has 2 aliphatic carbocycles. The van der Waals surface area contributed by atoms with E-state index < -0.39 is 51.1 Å². The number of benzene rings is 2. The van der Waals surface area contributed by atoms with Crippen molar-refractivity contribution in [3.8, 4) is 5.75 Å². The molecule has 1 saturated carbocycles. The number of hydrogen-bond donors (Lipinski definition) is 1. The quantitative estimate of drug-likeness (QED) is 0.308. The summed E-state index contributed by atoms with van der Waals surface area (Å²) < 4.78 is 0. The number of likely N-dealkylation sites (tertiary alicyclic amines) is 1. The molecule has 1 N–H and O–H groups in total. The minimum Gasteiger partial charge on any atom is -0.508 e. The standard InChI is InChI=1S/C29H25Cl3N2O5/c1-13-4-6-16(11-20(13)30)34-24(36)18-8-7-17-19(22(18)25(34)37)12-28(31)26(38)33(3)27(39)29(28,32)23(17)15-5-9-21(35)14(2)10-15/h4-7,9-11,18-19,22-23,35H,8,12H2,1-3H3. The summed E-state index contributed by atoms with van der Waals surface area (Å²) >= 11 is 20.6. The summed E-state index contributed by atoms with van der Waals surface area (Å²) in [4.78, 5) is 53.1. The molecule has 6 unspecified atom stereocenters. The Hall–Kier alpha value is -2.87. The molecule has 2 aromatic carbocycles. The molecule has 10 heteroatoms. The molecule has 39 heavy (non-hydrogen) atoms. The number of fused-ring (bicyclic) bond motifs is 4. The SMILES string of the molecule is Cc1cc(C2C3=CCC4C(=O)N(c5ccc(C)c(Cl)c5)C(=O)C4C3CC3(Cl)C(=O)N(C)C(=O)C23Cl)ccc1O. The first-order chi connectivity index (χ1) is 18.3. The van der Waals surface area contributed by atoms with Gasteiger partial charge in [-0.05, 0) is 67.5 Å². The summed E-state index contributed by atoms with van der Waals surface area (Å²) in [5.74, 6) is -4.83. The van der Waals surface area contributed by atoms with Crippen LogP contribution in [0.4, 0.5) is 5.69 Å². The monoisotopic (exact) mass is 586 g/mol. The lowest BCUT2D eigenvalue weighted by Gasteiger charge is -2.50. The molecule has 2 heterocycles. The minimum atomic E-state index is -1.85. The summed E-state index contributed by atoms with van der Waals surface area (Å²) in [5.41, 5.74) is 3.06. The van der Waals surface area contributed by atoms with E-state index in [1.807, 2.05) is 13.0 Å². The Balaban J connectivity index is 1.51. The van der Waals surface area contributed by atoms with Crippen molar-refractivity contribution in [2.75, 3.05) is 11.9 Å². The third-order valence-electron chi connectivity index (χ3n) is 8.98. The van der Waals surface area contributed by atoms with Crippen molar-refractivity contribution in [3.63, 3.8) is 0 Å². The van der Waals surface area contributed by atoms with Crippen molar-refractivity contribution in [3.05, 3.63) is 69.8 Å². The Morgan fingerprint density at radius 3 is 2.31 bits per heavy atom. The van der Waals surface area contributed by atoms with Gasteiger partial charge in [0.25, 0.3) is 11.8 Å². The molecule has 6 rings (SSSR count). The first-order valence-electron chi connectivity index (χ1n) is 12.7. The normalized spacial score (nSPS) is 33.7. The fourth-order valence-corrected chi connectivity index (χ4v) is 8.15. The van der Waals surface area contributed by atoms with Gasteiger partial charge in [-0.3, -0.25) is 24.1 Å². The van der Waals surface area contributed by atoms with Gasteiger partial charge < -0.3 is 5.11 Å². The zero-order valence-corrected chi connectivity index (χ0v) is 23.6. The molecule has 6 atom stereocenters. The maximum atomic E-state index is 14.0. The predicted molar refractivity (Wildman–Crippen MR) is 147 cm³/mol. The zero-order chi connectivity index (χ0) is 28.2. The molecule has 202 valence electrons. The number of nitrogens with zero attached hydrogens (tertiary/aromatic N) is 2. The Morgan fingerprint density at radius 1 is 0.923 bits per heavy atom. The number of carbonyl (C=O) groups is 4. The molecule has 2 aromatic rings. The van der Waals surface area contributed by atoms with E-state index in [9.17, 15) is 24.3 Å². The number of amides is 4. The molecule has 0 aromatic heterocycles. The first kappa shape index (κ1) is 26.4. The average Bonchev–Trinajstić information content (AvgIpc) is 3.22. The highest BCUT2D eigenvalue weighted by Gasteiger charge is 2.75. The summed E-state index contributed by atoms with van der Waals surface area (Å²) in [7, 11) is 1.35. The third kappa shape index (κ3) is 3.30. The lowest BCUT2D eigenvalue weighted by Crippen LogP contribution is -2.60. The van der Waals surface area contributed by atoms with Crippen LogP contribution >= 0.6 is 34.8 Å². The number of rotatable bonds is 2. The maximum Gasteiger partial charge on any atom is 0.253 e. The van der Waals surface area contributed by atoms with E-state index in [1.54, 1.807) is 37.3 Å². The highest BCUT2D eigenvalue weighted by atomic mass is 35.5. The molecule has 2 saturated heterocycles. The second kappa shape index (κ2) is 8.56. The minimum absolute atomic E-state index is 0.0690. The number of allylic oxidation sites excluding steroid dienone is 2. The van der Waals surface area contributed by atoms with Gasteiger partial charge in [0.05, 0.1) is 17.5 Å². The Labute approximate surface area is 240 Å². The van der Waals surface area contributed by atoms with Crippen molar-refractivity contribution in [1.29, 1.82) is 0 Å². The number of aryl methyl sites for hydroxylation is 2. The second-order valence-corrected chi connectivity index (χ2v) is 12.6. The molecule has 0 radical (unpaired) electrons. The largest absolute Gasteiger partial charge is 0.508 e. The van der Waals surface area contributed by atoms with Gasteiger partial charge in [-0.15, -0.1) is 23.2 Å². The van der Waals surface area contributed by atoms with Crippen molar-refractivity contribution in [1.82, 2.24) is 4.90 Å². The van der Waals surface area contributed by atoms with Gasteiger partial charge in [0, 0.05) is 18.0 Å². The second-order valence-electron chi connectivity index (χ2n) is 11.0. The number of halogens is 3. The Bertz CT molecular complexity index is 1540. The lowest BCUT2D eigenvalue weighted by molar-refractivity contribution is -0.138. The highest BCUT2D eigenvalue weighted by molar-refractivity contribution is 6.53.